The van der Waals surface area contributed by atoms with Gasteiger partial charge in [-0.15, -0.1) is 0 Å². The highest BCUT2D eigenvalue weighted by molar-refractivity contribution is 5.95. The number of amides is 2. The Balaban J connectivity index is 1.54. The molecule has 2 amide bonds. The fraction of sp³-hybridized carbons (Fsp3) is 0.304. The molecule has 0 saturated heterocycles. The maximum Gasteiger partial charge on any atom is 0.244 e. The number of ether oxygens (including phenoxy) is 1. The van der Waals surface area contributed by atoms with Gasteiger partial charge in [-0.25, -0.2) is 0 Å². The van der Waals surface area contributed by atoms with E-state index >= 15 is 0 Å². The molecule has 5 heteroatoms. The molecule has 0 spiro atoms. The third kappa shape index (κ3) is 5.46. The van der Waals surface area contributed by atoms with Crippen LogP contribution in [0.4, 0.5) is 0 Å². The minimum absolute atomic E-state index is 0.00268. The molecule has 2 N–H and O–H groups in total. The van der Waals surface area contributed by atoms with Crippen LogP contribution in [0.15, 0.2) is 60.7 Å². The molecule has 1 aliphatic rings. The summed E-state index contributed by atoms with van der Waals surface area (Å²) in [5.41, 5.74) is 1.99. The highest BCUT2D eigenvalue weighted by Crippen LogP contribution is 2.40. The summed E-state index contributed by atoms with van der Waals surface area (Å²) in [4.78, 5) is 24.7. The molecular weight excluding hydrogens is 352 g/mol. The van der Waals surface area contributed by atoms with E-state index in [1.54, 1.807) is 20.1 Å². The fourth-order valence-electron chi connectivity index (χ4n) is 3.06. The lowest BCUT2D eigenvalue weighted by Crippen LogP contribution is -2.45. The van der Waals surface area contributed by atoms with Gasteiger partial charge in [-0.05, 0) is 55.0 Å². The molecule has 2 aromatic rings. The van der Waals surface area contributed by atoms with Crippen molar-refractivity contribution in [3.63, 3.8) is 0 Å². The summed E-state index contributed by atoms with van der Waals surface area (Å²) in [6.45, 7) is 1.70. The van der Waals surface area contributed by atoms with Crippen molar-refractivity contribution in [3.8, 4) is 5.75 Å². The molecule has 0 aliphatic heterocycles. The lowest BCUT2D eigenvalue weighted by atomic mass is 10.0. The lowest BCUT2D eigenvalue weighted by molar-refractivity contribution is -0.127. The third-order valence-electron chi connectivity index (χ3n) is 4.84. The summed E-state index contributed by atoms with van der Waals surface area (Å²) in [7, 11) is 1.61. The average molecular weight is 378 g/mol. The zero-order valence-corrected chi connectivity index (χ0v) is 16.2. The number of hydrogen-bond donors (Lipinski definition) is 2. The van der Waals surface area contributed by atoms with Gasteiger partial charge in [0.05, 0.1) is 13.2 Å². The maximum absolute atomic E-state index is 12.6. The molecule has 3 rings (SSSR count). The van der Waals surface area contributed by atoms with Crippen LogP contribution in [0.2, 0.25) is 0 Å². The summed E-state index contributed by atoms with van der Waals surface area (Å²) in [5, 5.41) is 5.82. The van der Waals surface area contributed by atoms with Crippen LogP contribution in [0.5, 0.6) is 5.75 Å². The highest BCUT2D eigenvalue weighted by atomic mass is 16.5. The Kier molecular flexibility index (Phi) is 6.48. The summed E-state index contributed by atoms with van der Waals surface area (Å²) in [5.74, 6) is 0.757. The second-order valence-corrected chi connectivity index (χ2v) is 7.07. The number of carbonyl (C=O) groups excluding carboxylic acids is 2. The van der Waals surface area contributed by atoms with E-state index < -0.39 is 6.04 Å². The Morgan fingerprint density at radius 2 is 1.71 bits per heavy atom. The standard InChI is InChI=1S/C23H26N2O3/c1-16(24-21(26)15-10-17-8-13-20(28-2)14-9-17)23(27)25-22(19-11-12-19)18-6-4-3-5-7-18/h3-10,13-16,19,22H,11-12H2,1-2H3,(H,24,26)(H,25,27)/b15-10+. The van der Waals surface area contributed by atoms with Gasteiger partial charge in [0, 0.05) is 6.08 Å². The SMILES string of the molecule is COc1ccc(/C=C/C(=O)NC(C)C(=O)NC(c2ccccc2)C2CC2)cc1. The number of hydrogen-bond acceptors (Lipinski definition) is 3. The fourth-order valence-corrected chi connectivity index (χ4v) is 3.06. The average Bonchev–Trinajstić information content (AvgIpc) is 3.56. The van der Waals surface area contributed by atoms with Crippen molar-refractivity contribution in [3.05, 3.63) is 71.8 Å². The molecule has 5 nitrogen and oxygen atoms in total. The third-order valence-corrected chi connectivity index (χ3v) is 4.84. The number of rotatable bonds is 8. The zero-order valence-electron chi connectivity index (χ0n) is 16.2. The number of nitrogens with one attached hydrogen (secondary N) is 2. The Morgan fingerprint density at radius 1 is 1.04 bits per heavy atom. The number of carbonyl (C=O) groups is 2. The first kappa shape index (κ1) is 19.7. The van der Waals surface area contributed by atoms with Crippen molar-refractivity contribution >= 4 is 17.9 Å². The Bertz CT molecular complexity index is 827. The summed E-state index contributed by atoms with van der Waals surface area (Å²) in [6, 6.07) is 16.8. The molecule has 2 atom stereocenters. The molecule has 0 radical (unpaired) electrons. The molecule has 1 fully saturated rings. The van der Waals surface area contributed by atoms with Crippen LogP contribution < -0.4 is 15.4 Å². The molecule has 146 valence electrons. The summed E-state index contributed by atoms with van der Waals surface area (Å²) in [6.07, 6.45) is 5.37. The molecule has 28 heavy (non-hydrogen) atoms. The van der Waals surface area contributed by atoms with E-state index in [4.69, 9.17) is 4.74 Å². The minimum Gasteiger partial charge on any atom is -0.497 e. The van der Waals surface area contributed by atoms with E-state index in [1.807, 2.05) is 54.6 Å². The van der Waals surface area contributed by atoms with E-state index in [0.717, 1.165) is 29.7 Å². The number of benzene rings is 2. The van der Waals surface area contributed by atoms with Gasteiger partial charge in [-0.3, -0.25) is 9.59 Å². The first-order valence-corrected chi connectivity index (χ1v) is 9.55. The van der Waals surface area contributed by atoms with Crippen LogP contribution >= 0.6 is 0 Å². The predicted molar refractivity (Wildman–Crippen MR) is 110 cm³/mol. The van der Waals surface area contributed by atoms with Gasteiger partial charge in [0.1, 0.15) is 11.8 Å². The molecule has 2 unspecified atom stereocenters. The topological polar surface area (TPSA) is 67.4 Å². The van der Waals surface area contributed by atoms with Gasteiger partial charge in [0.25, 0.3) is 0 Å². The molecule has 0 heterocycles. The van der Waals surface area contributed by atoms with Crippen molar-refractivity contribution in [2.75, 3.05) is 7.11 Å². The first-order valence-electron chi connectivity index (χ1n) is 9.55. The number of methoxy groups -OCH3 is 1. The quantitative estimate of drug-likeness (QED) is 0.691. The second kappa shape index (κ2) is 9.22. The van der Waals surface area contributed by atoms with Crippen LogP contribution in [-0.2, 0) is 9.59 Å². The van der Waals surface area contributed by atoms with Gasteiger partial charge in [-0.1, -0.05) is 42.5 Å². The smallest absolute Gasteiger partial charge is 0.244 e. The first-order chi connectivity index (χ1) is 13.6. The normalized spacial score (nSPS) is 15.6. The maximum atomic E-state index is 12.6. The van der Waals surface area contributed by atoms with E-state index in [-0.39, 0.29) is 17.9 Å². The van der Waals surface area contributed by atoms with Crippen molar-refractivity contribution in [2.45, 2.75) is 31.8 Å². The summed E-state index contributed by atoms with van der Waals surface area (Å²) >= 11 is 0. The Hall–Kier alpha value is -3.08. The van der Waals surface area contributed by atoms with Crippen molar-refractivity contribution in [2.24, 2.45) is 5.92 Å². The molecule has 0 aromatic heterocycles. The van der Waals surface area contributed by atoms with Gasteiger partial charge < -0.3 is 15.4 Å². The second-order valence-electron chi connectivity index (χ2n) is 7.07. The van der Waals surface area contributed by atoms with Gasteiger partial charge in [-0.2, -0.15) is 0 Å². The monoisotopic (exact) mass is 378 g/mol. The van der Waals surface area contributed by atoms with Crippen LogP contribution in [0.3, 0.4) is 0 Å². The Morgan fingerprint density at radius 3 is 2.32 bits per heavy atom. The zero-order chi connectivity index (χ0) is 19.9. The summed E-state index contributed by atoms with van der Waals surface area (Å²) < 4.78 is 5.11. The van der Waals surface area contributed by atoms with E-state index in [1.165, 1.54) is 6.08 Å². The van der Waals surface area contributed by atoms with Crippen LogP contribution in [0.1, 0.15) is 36.9 Å². The molecule has 1 saturated carbocycles. The van der Waals surface area contributed by atoms with Crippen molar-refractivity contribution < 1.29 is 14.3 Å². The molecule has 1 aliphatic carbocycles. The van der Waals surface area contributed by atoms with Gasteiger partial charge in [0.15, 0.2) is 0 Å². The van der Waals surface area contributed by atoms with Crippen LogP contribution in [-0.4, -0.2) is 25.0 Å². The van der Waals surface area contributed by atoms with Crippen LogP contribution in [0.25, 0.3) is 6.08 Å². The van der Waals surface area contributed by atoms with Gasteiger partial charge >= 0.3 is 0 Å². The van der Waals surface area contributed by atoms with Gasteiger partial charge in [0.2, 0.25) is 11.8 Å². The van der Waals surface area contributed by atoms with E-state index in [9.17, 15) is 9.59 Å². The molecule has 2 aromatic carbocycles. The Labute approximate surface area is 165 Å². The largest absolute Gasteiger partial charge is 0.497 e. The van der Waals surface area contributed by atoms with Crippen molar-refractivity contribution in [1.82, 2.24) is 10.6 Å². The minimum atomic E-state index is -0.613. The molecular formula is C23H26N2O3. The van der Waals surface area contributed by atoms with E-state index in [0.29, 0.717) is 5.92 Å². The van der Waals surface area contributed by atoms with E-state index in [2.05, 4.69) is 10.6 Å². The van der Waals surface area contributed by atoms with Crippen molar-refractivity contribution in [1.29, 1.82) is 0 Å². The predicted octanol–water partition coefficient (Wildman–Crippen LogP) is 3.48. The highest BCUT2D eigenvalue weighted by Gasteiger charge is 2.34. The lowest BCUT2D eigenvalue weighted by Gasteiger charge is -2.21. The van der Waals surface area contributed by atoms with Crippen LogP contribution in [0, 0.1) is 5.92 Å². The molecule has 0 bridgehead atoms.